The standard InChI is InChI=1S/C8H10FNO3S/c1-2-13-7-4-3-6(9)5-8(7)14(10,11)12/h3-5H,2H2,1H3,(H2,10,11,12). The molecule has 0 aliphatic rings. The molecule has 1 aromatic rings. The predicted octanol–water partition coefficient (Wildman–Crippen LogP) is 0.872. The first kappa shape index (κ1) is 10.9. The maximum atomic E-state index is 12.7. The Morgan fingerprint density at radius 1 is 1.50 bits per heavy atom. The van der Waals surface area contributed by atoms with E-state index in [1.54, 1.807) is 6.92 Å². The molecule has 14 heavy (non-hydrogen) atoms. The van der Waals surface area contributed by atoms with Crippen LogP contribution in [0.4, 0.5) is 4.39 Å². The maximum absolute atomic E-state index is 12.7. The molecule has 0 saturated carbocycles. The van der Waals surface area contributed by atoms with Crippen molar-refractivity contribution < 1.29 is 17.5 Å². The van der Waals surface area contributed by atoms with Gasteiger partial charge in [-0.15, -0.1) is 0 Å². The minimum absolute atomic E-state index is 0.0661. The number of benzene rings is 1. The van der Waals surface area contributed by atoms with Crippen molar-refractivity contribution in [3.8, 4) is 5.75 Å². The van der Waals surface area contributed by atoms with E-state index in [1.807, 2.05) is 0 Å². The average Bonchev–Trinajstić information content (AvgIpc) is 2.07. The van der Waals surface area contributed by atoms with E-state index in [2.05, 4.69) is 0 Å². The lowest BCUT2D eigenvalue weighted by atomic mass is 10.3. The van der Waals surface area contributed by atoms with Gasteiger partial charge in [-0.05, 0) is 25.1 Å². The fourth-order valence-corrected chi connectivity index (χ4v) is 1.66. The Bertz CT molecular complexity index is 430. The molecular weight excluding hydrogens is 209 g/mol. The van der Waals surface area contributed by atoms with Crippen molar-refractivity contribution in [3.05, 3.63) is 24.0 Å². The fraction of sp³-hybridized carbons (Fsp3) is 0.250. The first-order valence-corrected chi connectivity index (χ1v) is 5.45. The van der Waals surface area contributed by atoms with Crippen molar-refractivity contribution in [2.24, 2.45) is 5.14 Å². The van der Waals surface area contributed by atoms with Crippen LogP contribution in [0.5, 0.6) is 5.75 Å². The molecule has 1 rings (SSSR count). The van der Waals surface area contributed by atoms with Crippen LogP contribution in [0.3, 0.4) is 0 Å². The largest absolute Gasteiger partial charge is 0.492 e. The van der Waals surface area contributed by atoms with Crippen LogP contribution < -0.4 is 9.88 Å². The molecule has 78 valence electrons. The lowest BCUT2D eigenvalue weighted by Gasteiger charge is -2.07. The number of hydrogen-bond acceptors (Lipinski definition) is 3. The van der Waals surface area contributed by atoms with Gasteiger partial charge in [0.15, 0.2) is 0 Å². The molecule has 2 N–H and O–H groups in total. The molecule has 0 aromatic heterocycles. The molecule has 0 spiro atoms. The number of halogens is 1. The van der Waals surface area contributed by atoms with Crippen LogP contribution in [0.15, 0.2) is 23.1 Å². The second-order valence-corrected chi connectivity index (χ2v) is 4.10. The van der Waals surface area contributed by atoms with Gasteiger partial charge in [-0.1, -0.05) is 0 Å². The molecule has 0 radical (unpaired) electrons. The van der Waals surface area contributed by atoms with E-state index >= 15 is 0 Å². The second-order valence-electron chi connectivity index (χ2n) is 2.57. The number of ether oxygens (including phenoxy) is 1. The van der Waals surface area contributed by atoms with Crippen LogP contribution in [0.25, 0.3) is 0 Å². The van der Waals surface area contributed by atoms with Crippen LogP contribution in [0.2, 0.25) is 0 Å². The molecule has 0 saturated heterocycles. The minimum atomic E-state index is -3.94. The van der Waals surface area contributed by atoms with Crippen molar-refractivity contribution in [2.45, 2.75) is 11.8 Å². The summed E-state index contributed by atoms with van der Waals surface area (Å²) in [7, 11) is -3.94. The van der Waals surface area contributed by atoms with Gasteiger partial charge >= 0.3 is 0 Å². The van der Waals surface area contributed by atoms with E-state index in [-0.39, 0.29) is 17.3 Å². The third kappa shape index (κ3) is 2.43. The molecule has 0 atom stereocenters. The zero-order valence-electron chi connectivity index (χ0n) is 7.53. The van der Waals surface area contributed by atoms with Crippen molar-refractivity contribution in [2.75, 3.05) is 6.61 Å². The van der Waals surface area contributed by atoms with Gasteiger partial charge in [-0.3, -0.25) is 0 Å². The highest BCUT2D eigenvalue weighted by Gasteiger charge is 2.15. The van der Waals surface area contributed by atoms with E-state index in [9.17, 15) is 12.8 Å². The third-order valence-corrected chi connectivity index (χ3v) is 2.44. The highest BCUT2D eigenvalue weighted by Crippen LogP contribution is 2.23. The molecule has 0 amide bonds. The molecule has 1 aromatic carbocycles. The van der Waals surface area contributed by atoms with Gasteiger partial charge in [0.05, 0.1) is 6.61 Å². The van der Waals surface area contributed by atoms with Crippen LogP contribution in [-0.2, 0) is 10.0 Å². The normalized spacial score (nSPS) is 11.4. The number of hydrogen-bond donors (Lipinski definition) is 1. The molecule has 4 nitrogen and oxygen atoms in total. The molecule has 0 bridgehead atoms. The Balaban J connectivity index is 3.30. The number of sulfonamides is 1. The third-order valence-electron chi connectivity index (χ3n) is 1.51. The lowest BCUT2D eigenvalue weighted by molar-refractivity contribution is 0.330. The summed E-state index contributed by atoms with van der Waals surface area (Å²) in [6.07, 6.45) is 0. The van der Waals surface area contributed by atoms with E-state index in [0.717, 1.165) is 12.1 Å². The maximum Gasteiger partial charge on any atom is 0.241 e. The van der Waals surface area contributed by atoms with Gasteiger partial charge in [0.25, 0.3) is 0 Å². The molecular formula is C8H10FNO3S. The smallest absolute Gasteiger partial charge is 0.241 e. The van der Waals surface area contributed by atoms with E-state index < -0.39 is 15.8 Å². The number of primary sulfonamides is 1. The summed E-state index contributed by atoms with van der Waals surface area (Å²) >= 11 is 0. The van der Waals surface area contributed by atoms with Crippen LogP contribution in [0, 0.1) is 5.82 Å². The fourth-order valence-electron chi connectivity index (χ4n) is 0.979. The van der Waals surface area contributed by atoms with Crippen molar-refractivity contribution in [1.82, 2.24) is 0 Å². The Morgan fingerprint density at radius 3 is 2.64 bits per heavy atom. The number of rotatable bonds is 3. The minimum Gasteiger partial charge on any atom is -0.492 e. The summed E-state index contributed by atoms with van der Waals surface area (Å²) in [5, 5.41) is 4.88. The monoisotopic (exact) mass is 219 g/mol. The molecule has 0 fully saturated rings. The van der Waals surface area contributed by atoms with Gasteiger partial charge in [-0.2, -0.15) is 0 Å². The Kier molecular flexibility index (Phi) is 3.07. The number of nitrogens with two attached hydrogens (primary N) is 1. The summed E-state index contributed by atoms with van der Waals surface area (Å²) in [5.41, 5.74) is 0. The molecule has 0 unspecified atom stereocenters. The van der Waals surface area contributed by atoms with Crippen molar-refractivity contribution in [3.63, 3.8) is 0 Å². The van der Waals surface area contributed by atoms with Crippen molar-refractivity contribution >= 4 is 10.0 Å². The Hall–Kier alpha value is -1.14. The summed E-state index contributed by atoms with van der Waals surface area (Å²) in [5.74, 6) is -0.603. The zero-order valence-corrected chi connectivity index (χ0v) is 8.34. The Morgan fingerprint density at radius 2 is 2.14 bits per heavy atom. The lowest BCUT2D eigenvalue weighted by Crippen LogP contribution is -2.14. The highest BCUT2D eigenvalue weighted by molar-refractivity contribution is 7.89. The first-order chi connectivity index (χ1) is 6.45. The van der Waals surface area contributed by atoms with Gasteiger partial charge < -0.3 is 4.74 Å². The molecule has 0 aliphatic heterocycles. The van der Waals surface area contributed by atoms with Gasteiger partial charge in [0.2, 0.25) is 10.0 Å². The van der Waals surface area contributed by atoms with Crippen LogP contribution in [0.1, 0.15) is 6.92 Å². The quantitative estimate of drug-likeness (QED) is 0.820. The van der Waals surface area contributed by atoms with Gasteiger partial charge in [-0.25, -0.2) is 17.9 Å². The van der Waals surface area contributed by atoms with E-state index in [4.69, 9.17) is 9.88 Å². The first-order valence-electron chi connectivity index (χ1n) is 3.90. The zero-order chi connectivity index (χ0) is 10.8. The van der Waals surface area contributed by atoms with Crippen molar-refractivity contribution in [1.29, 1.82) is 0 Å². The van der Waals surface area contributed by atoms with E-state index in [1.165, 1.54) is 6.07 Å². The summed E-state index contributed by atoms with van der Waals surface area (Å²) in [6.45, 7) is 1.98. The SMILES string of the molecule is CCOc1ccc(F)cc1S(N)(=O)=O. The topological polar surface area (TPSA) is 69.4 Å². The van der Waals surface area contributed by atoms with Gasteiger partial charge in [0, 0.05) is 0 Å². The summed E-state index contributed by atoms with van der Waals surface area (Å²) < 4.78 is 39.8. The highest BCUT2D eigenvalue weighted by atomic mass is 32.2. The summed E-state index contributed by atoms with van der Waals surface area (Å²) in [6, 6.07) is 3.18. The van der Waals surface area contributed by atoms with Crippen LogP contribution >= 0.6 is 0 Å². The average molecular weight is 219 g/mol. The second kappa shape index (κ2) is 3.93. The van der Waals surface area contributed by atoms with Crippen LogP contribution in [-0.4, -0.2) is 15.0 Å². The molecule has 0 aliphatic carbocycles. The van der Waals surface area contributed by atoms with Gasteiger partial charge in [0.1, 0.15) is 16.5 Å². The molecule has 6 heteroatoms. The molecule has 0 heterocycles. The van der Waals surface area contributed by atoms with E-state index in [0.29, 0.717) is 0 Å². The summed E-state index contributed by atoms with van der Waals surface area (Å²) in [4.78, 5) is -0.334. The predicted molar refractivity (Wildman–Crippen MR) is 48.9 cm³/mol. The Labute approximate surface area is 81.5 Å².